The molecule has 11 nitrogen and oxygen atoms in total. The van der Waals surface area contributed by atoms with Crippen LogP contribution in [0.15, 0.2) is 12.7 Å². The van der Waals surface area contributed by atoms with Crippen molar-refractivity contribution < 1.29 is 24.9 Å². The summed E-state index contributed by atoms with van der Waals surface area (Å²) in [6.07, 6.45) is 1.81. The highest BCUT2D eigenvalue weighted by Crippen LogP contribution is 2.34. The van der Waals surface area contributed by atoms with Crippen molar-refractivity contribution in [2.45, 2.75) is 75.7 Å². The summed E-state index contributed by atoms with van der Waals surface area (Å²) in [5.74, 6) is -0.0659. The maximum Gasteiger partial charge on any atom is 0.251 e. The normalized spacial score (nSPS) is 28.5. The van der Waals surface area contributed by atoms with Crippen LogP contribution in [0.1, 0.15) is 45.3 Å². The van der Waals surface area contributed by atoms with Crippen molar-refractivity contribution >= 4 is 22.9 Å². The molecule has 1 unspecified atom stereocenters. The molecule has 2 aromatic heterocycles. The van der Waals surface area contributed by atoms with E-state index in [4.69, 9.17) is 4.74 Å². The number of rotatable bonds is 6. The Balaban J connectivity index is 1.57. The first kappa shape index (κ1) is 20.9. The van der Waals surface area contributed by atoms with Gasteiger partial charge in [-0.1, -0.05) is 19.3 Å². The predicted octanol–water partition coefficient (Wildman–Crippen LogP) is -0.313. The summed E-state index contributed by atoms with van der Waals surface area (Å²) in [6.45, 7) is 2.04. The second-order valence-corrected chi connectivity index (χ2v) is 7.84. The van der Waals surface area contributed by atoms with E-state index < -0.39 is 36.6 Å². The van der Waals surface area contributed by atoms with Gasteiger partial charge in [-0.2, -0.15) is 0 Å². The Morgan fingerprint density at radius 2 is 2.00 bits per heavy atom. The van der Waals surface area contributed by atoms with Gasteiger partial charge in [-0.15, -0.1) is 0 Å². The number of hydrogen-bond acceptors (Lipinski definition) is 9. The molecule has 1 saturated carbocycles. The average Bonchev–Trinajstić information content (AvgIpc) is 3.31. The minimum absolute atomic E-state index is 0.324. The Morgan fingerprint density at radius 1 is 1.23 bits per heavy atom. The van der Waals surface area contributed by atoms with Crippen molar-refractivity contribution in [2.75, 3.05) is 11.9 Å². The number of carbonyl (C=O) groups excluding carboxylic acids is 1. The van der Waals surface area contributed by atoms with Gasteiger partial charge in [-0.3, -0.25) is 9.36 Å². The van der Waals surface area contributed by atoms with E-state index in [1.807, 2.05) is 0 Å². The Kier molecular flexibility index (Phi) is 6.14. The number of aromatic nitrogens is 4. The van der Waals surface area contributed by atoms with E-state index in [1.165, 1.54) is 36.5 Å². The average molecular weight is 420 g/mol. The maximum atomic E-state index is 11.9. The lowest BCUT2D eigenvalue weighted by Crippen LogP contribution is -2.47. The summed E-state index contributed by atoms with van der Waals surface area (Å²) in [6, 6.07) is 0.328. The van der Waals surface area contributed by atoms with Crippen LogP contribution < -0.4 is 10.6 Å². The van der Waals surface area contributed by atoms with Crippen LogP contribution in [0.5, 0.6) is 0 Å². The van der Waals surface area contributed by atoms with E-state index in [-0.39, 0.29) is 0 Å². The van der Waals surface area contributed by atoms with Gasteiger partial charge in [0.15, 0.2) is 29.3 Å². The lowest BCUT2D eigenvalue weighted by Gasteiger charge is -2.23. The number of nitrogens with one attached hydrogen (secondary N) is 2. The van der Waals surface area contributed by atoms with E-state index >= 15 is 0 Å². The first-order valence-electron chi connectivity index (χ1n) is 10.4. The van der Waals surface area contributed by atoms with Crippen molar-refractivity contribution in [3.05, 3.63) is 12.7 Å². The molecule has 30 heavy (non-hydrogen) atoms. The van der Waals surface area contributed by atoms with Gasteiger partial charge in [-0.05, 0) is 19.8 Å². The zero-order valence-corrected chi connectivity index (χ0v) is 16.8. The molecule has 1 amide bonds. The number of ether oxygens (including phenoxy) is 1. The molecule has 1 aliphatic heterocycles. The van der Waals surface area contributed by atoms with Crippen LogP contribution in [0.25, 0.3) is 11.2 Å². The number of likely N-dealkylation sites (N-methyl/N-ethyl adjacent to an activating group) is 1. The number of nitrogens with zero attached hydrogens (tertiary/aromatic N) is 4. The van der Waals surface area contributed by atoms with Gasteiger partial charge in [0.05, 0.1) is 6.33 Å². The van der Waals surface area contributed by atoms with Crippen LogP contribution in [0, 0.1) is 0 Å². The summed E-state index contributed by atoms with van der Waals surface area (Å²) in [4.78, 5) is 24.9. The molecule has 4 rings (SSSR count). The highest BCUT2D eigenvalue weighted by atomic mass is 16.6. The van der Waals surface area contributed by atoms with Crippen molar-refractivity contribution in [3.63, 3.8) is 0 Å². The molecule has 0 radical (unpaired) electrons. The number of hydrogen-bond donors (Lipinski definition) is 5. The molecular weight excluding hydrogens is 392 g/mol. The van der Waals surface area contributed by atoms with E-state index in [1.54, 1.807) is 6.92 Å². The molecule has 5 atom stereocenters. The third kappa shape index (κ3) is 3.85. The highest BCUT2D eigenvalue weighted by molar-refractivity contribution is 5.83. The van der Waals surface area contributed by atoms with Crippen LogP contribution in [0.2, 0.25) is 0 Å². The number of aliphatic hydroxyl groups is 3. The molecule has 2 fully saturated rings. The van der Waals surface area contributed by atoms with Gasteiger partial charge in [0.25, 0.3) is 5.91 Å². The highest BCUT2D eigenvalue weighted by Gasteiger charge is 2.49. The van der Waals surface area contributed by atoms with Crippen molar-refractivity contribution in [3.8, 4) is 0 Å². The van der Waals surface area contributed by atoms with Crippen LogP contribution in [-0.4, -0.2) is 77.7 Å². The third-order valence-electron chi connectivity index (χ3n) is 5.79. The summed E-state index contributed by atoms with van der Waals surface area (Å²) >= 11 is 0. The van der Waals surface area contributed by atoms with Gasteiger partial charge in [-0.25, -0.2) is 15.0 Å². The van der Waals surface area contributed by atoms with Crippen LogP contribution in [0.4, 0.5) is 5.82 Å². The number of aliphatic hydroxyl groups excluding tert-OH is 3. The standard InChI is InChI=1S/C19H28N6O5/c1-2-20-18(29)14(28)15-12(26)13(27)19(30-15)25-9-23-11-16(21-8-22-17(11)25)24-10-6-4-3-5-7-10/h8-10,12-15,19,26-28H,2-7H2,1H3,(H,20,29)(H,21,22,24)/t12-,13+,14?,15-,19+/m0/s1. The molecule has 164 valence electrons. The molecule has 1 saturated heterocycles. The zero-order chi connectivity index (χ0) is 21.3. The Morgan fingerprint density at radius 3 is 2.73 bits per heavy atom. The Labute approximate surface area is 173 Å². The smallest absolute Gasteiger partial charge is 0.251 e. The fraction of sp³-hybridized carbons (Fsp3) is 0.684. The fourth-order valence-corrected chi connectivity index (χ4v) is 4.19. The van der Waals surface area contributed by atoms with Crippen molar-refractivity contribution in [2.24, 2.45) is 0 Å². The van der Waals surface area contributed by atoms with Crippen molar-refractivity contribution in [1.29, 1.82) is 0 Å². The van der Waals surface area contributed by atoms with E-state index in [9.17, 15) is 20.1 Å². The quantitative estimate of drug-likeness (QED) is 0.423. The minimum Gasteiger partial charge on any atom is -0.387 e. The summed E-state index contributed by atoms with van der Waals surface area (Å²) in [5, 5.41) is 37.0. The summed E-state index contributed by atoms with van der Waals surface area (Å²) in [5.41, 5.74) is 0.953. The second kappa shape index (κ2) is 8.80. The Hall–Kier alpha value is -2.34. The number of fused-ring (bicyclic) bond motifs is 1. The lowest BCUT2D eigenvalue weighted by atomic mass is 9.95. The maximum absolute atomic E-state index is 11.9. The van der Waals surface area contributed by atoms with Gasteiger partial charge in [0.2, 0.25) is 0 Å². The fourth-order valence-electron chi connectivity index (χ4n) is 4.19. The third-order valence-corrected chi connectivity index (χ3v) is 5.79. The lowest BCUT2D eigenvalue weighted by molar-refractivity contribution is -0.143. The SMILES string of the molecule is CCNC(=O)C(O)[C@H]1O[C@@H](n2cnc3c(NC4CCCCC4)ncnc32)[C@H](O)[C@@H]1O. The van der Waals surface area contributed by atoms with Gasteiger partial charge in [0.1, 0.15) is 24.6 Å². The number of amides is 1. The second-order valence-electron chi connectivity index (χ2n) is 7.84. The van der Waals surface area contributed by atoms with Gasteiger partial charge in [0, 0.05) is 12.6 Å². The van der Waals surface area contributed by atoms with Gasteiger partial charge < -0.3 is 30.7 Å². The van der Waals surface area contributed by atoms with Crippen LogP contribution in [-0.2, 0) is 9.53 Å². The minimum atomic E-state index is -1.62. The topological polar surface area (TPSA) is 155 Å². The Bertz CT molecular complexity index is 885. The molecule has 0 spiro atoms. The van der Waals surface area contributed by atoms with Crippen LogP contribution >= 0.6 is 0 Å². The first-order valence-corrected chi connectivity index (χ1v) is 10.4. The molecule has 5 N–H and O–H groups in total. The largest absolute Gasteiger partial charge is 0.387 e. The first-order chi connectivity index (χ1) is 14.5. The van der Waals surface area contributed by atoms with E-state index in [2.05, 4.69) is 25.6 Å². The molecule has 0 aromatic carbocycles. The molecular formula is C19H28N6O5. The molecule has 2 aromatic rings. The number of imidazole rings is 1. The molecule has 11 heteroatoms. The monoisotopic (exact) mass is 420 g/mol. The number of anilines is 1. The van der Waals surface area contributed by atoms with Crippen molar-refractivity contribution in [1.82, 2.24) is 24.8 Å². The van der Waals surface area contributed by atoms with E-state index in [0.29, 0.717) is 29.6 Å². The molecule has 2 aliphatic rings. The molecule has 0 bridgehead atoms. The predicted molar refractivity (Wildman–Crippen MR) is 106 cm³/mol. The summed E-state index contributed by atoms with van der Waals surface area (Å²) in [7, 11) is 0. The molecule has 3 heterocycles. The summed E-state index contributed by atoms with van der Waals surface area (Å²) < 4.78 is 7.18. The zero-order valence-electron chi connectivity index (χ0n) is 16.8. The van der Waals surface area contributed by atoms with Gasteiger partial charge >= 0.3 is 0 Å². The molecule has 1 aliphatic carbocycles. The van der Waals surface area contributed by atoms with Crippen LogP contribution in [0.3, 0.4) is 0 Å². The number of carbonyl (C=O) groups is 1. The van der Waals surface area contributed by atoms with E-state index in [0.717, 1.165) is 12.8 Å².